The van der Waals surface area contributed by atoms with Crippen LogP contribution in [0.1, 0.15) is 104 Å². The van der Waals surface area contributed by atoms with E-state index in [1.807, 2.05) is 0 Å². The van der Waals surface area contributed by atoms with Crippen molar-refractivity contribution in [1.29, 1.82) is 0 Å². The van der Waals surface area contributed by atoms with Crippen molar-refractivity contribution in [3.05, 3.63) is 56.2 Å². The average Bonchev–Trinajstić information content (AvgIpc) is 3.47. The average molecular weight is 637 g/mol. The minimum atomic E-state index is -5.08. The van der Waals surface area contributed by atoms with Gasteiger partial charge in [0.05, 0.1) is 11.4 Å². The van der Waals surface area contributed by atoms with E-state index in [0.29, 0.717) is 0 Å². The molecule has 3 rings (SSSR count). The minimum Gasteiger partial charge on any atom is -0.657 e. The Bertz CT molecular complexity index is 1180. The molecule has 5 nitrogen and oxygen atoms in total. The van der Waals surface area contributed by atoms with Gasteiger partial charge in [-0.15, -0.1) is 11.4 Å². The van der Waals surface area contributed by atoms with Crippen molar-refractivity contribution in [2.45, 2.75) is 100 Å². The summed E-state index contributed by atoms with van der Waals surface area (Å²) in [4.78, 5) is 23.8. The topological polar surface area (TPSA) is 76.1 Å². The summed E-state index contributed by atoms with van der Waals surface area (Å²) in [5, 5.41) is 7.12. The van der Waals surface area contributed by atoms with Gasteiger partial charge in [-0.25, -0.2) is 4.79 Å². The summed E-state index contributed by atoms with van der Waals surface area (Å²) in [6, 6.07) is 0. The van der Waals surface area contributed by atoms with E-state index in [2.05, 4.69) is 67.5 Å². The summed E-state index contributed by atoms with van der Waals surface area (Å²) in [5.41, 5.74) is 14.9. The second kappa shape index (κ2) is 14.8. The van der Waals surface area contributed by atoms with Crippen LogP contribution in [0.5, 0.6) is 0 Å². The van der Waals surface area contributed by atoms with Crippen LogP contribution in [-0.2, 0) is 38.1 Å². The zero-order chi connectivity index (χ0) is 28.8. The first-order chi connectivity index (χ1) is 17.9. The van der Waals surface area contributed by atoms with Crippen molar-refractivity contribution >= 4 is 29.5 Å². The number of halogens is 3. The van der Waals surface area contributed by atoms with E-state index in [-0.39, 0.29) is 20.4 Å². The van der Waals surface area contributed by atoms with Gasteiger partial charge in [0.1, 0.15) is 0 Å². The Hall–Kier alpha value is -2.50. The Morgan fingerprint density at radius 2 is 1.03 bits per heavy atom. The molecule has 0 radical (unpaired) electrons. The first kappa shape index (κ1) is 34.5. The number of carbonyl (C=O) groups is 1. The van der Waals surface area contributed by atoms with E-state index in [9.17, 15) is 13.2 Å². The van der Waals surface area contributed by atoms with E-state index in [4.69, 9.17) is 24.9 Å². The van der Waals surface area contributed by atoms with Gasteiger partial charge in [0.25, 0.3) is 0 Å². The number of rotatable bonds is 8. The fourth-order valence-corrected chi connectivity index (χ4v) is 5.20. The first-order valence-corrected chi connectivity index (χ1v) is 13.4. The van der Waals surface area contributed by atoms with Crippen molar-refractivity contribution in [3.8, 4) is 0 Å². The van der Waals surface area contributed by atoms with Crippen LogP contribution in [0.4, 0.5) is 13.2 Å². The van der Waals surface area contributed by atoms with E-state index in [0.717, 1.165) is 72.7 Å². The third kappa shape index (κ3) is 7.79. The minimum absolute atomic E-state index is 0. The van der Waals surface area contributed by atoms with Gasteiger partial charge in [-0.1, -0.05) is 64.8 Å². The van der Waals surface area contributed by atoms with Crippen LogP contribution >= 0.6 is 0 Å². The second-order valence-corrected chi connectivity index (χ2v) is 9.13. The number of nitrogens with zero attached hydrogens (tertiary/aromatic N) is 3. The molecule has 1 aromatic rings. The second-order valence-electron chi connectivity index (χ2n) is 9.13. The fourth-order valence-electron chi connectivity index (χ4n) is 5.20. The maximum Gasteiger partial charge on any atom is 0.490 e. The van der Waals surface area contributed by atoms with E-state index >= 15 is 0 Å². The third-order valence-corrected chi connectivity index (χ3v) is 6.93. The van der Waals surface area contributed by atoms with Gasteiger partial charge in [0.2, 0.25) is 0 Å². The number of allylic oxidation sites excluding steroid dienone is 4. The number of hydrogen-bond acceptors (Lipinski definition) is 3. The Kier molecular flexibility index (Phi) is 13.1. The normalized spacial score (nSPS) is 17.4. The van der Waals surface area contributed by atoms with Gasteiger partial charge in [0.15, 0.2) is 0 Å². The van der Waals surface area contributed by atoms with Crippen LogP contribution in [0.25, 0.3) is 12.2 Å². The molecular weight excluding hydrogens is 598 g/mol. The van der Waals surface area contributed by atoms with Crippen LogP contribution in [-0.4, -0.2) is 28.7 Å². The van der Waals surface area contributed by atoms with Gasteiger partial charge in [-0.2, -0.15) is 13.2 Å². The SMILES string of the molecule is CCC1=C(CC)/C(=C\c2[n-]c(/C=C3/N=C(C)C(CC)=C3CC)c(CC)c2CC)N=C1C.O=C(O)C(F)(F)F.[Pd]. The van der Waals surface area contributed by atoms with E-state index < -0.39 is 12.1 Å². The molecular formula is C30H39F3N3O2Pd-. The number of carboxylic acids is 1. The zero-order valence-electron chi connectivity index (χ0n) is 24.0. The molecule has 1 N–H and O–H groups in total. The summed E-state index contributed by atoms with van der Waals surface area (Å²) in [6.07, 6.45) is 5.40. The van der Waals surface area contributed by atoms with Gasteiger partial charge < -0.3 is 10.1 Å². The molecule has 0 aliphatic carbocycles. The Morgan fingerprint density at radius 1 is 0.718 bits per heavy atom. The molecule has 0 unspecified atom stereocenters. The van der Waals surface area contributed by atoms with Crippen LogP contribution in [0, 0.1) is 0 Å². The van der Waals surface area contributed by atoms with Gasteiger partial charge in [0, 0.05) is 31.8 Å². The van der Waals surface area contributed by atoms with Crippen molar-refractivity contribution in [1.82, 2.24) is 4.98 Å². The summed E-state index contributed by atoms with van der Waals surface area (Å²) in [6.45, 7) is 17.6. The van der Waals surface area contributed by atoms with Crippen LogP contribution in [0.15, 0.2) is 43.7 Å². The molecule has 0 aromatic carbocycles. The van der Waals surface area contributed by atoms with E-state index in [1.54, 1.807) is 0 Å². The molecule has 0 bridgehead atoms. The maximum atomic E-state index is 10.6. The monoisotopic (exact) mass is 636 g/mol. The largest absolute Gasteiger partial charge is 0.657 e. The van der Waals surface area contributed by atoms with Gasteiger partial charge in [-0.3, -0.25) is 9.98 Å². The summed E-state index contributed by atoms with van der Waals surface area (Å²) < 4.78 is 31.7. The summed E-state index contributed by atoms with van der Waals surface area (Å²) >= 11 is 0. The zero-order valence-corrected chi connectivity index (χ0v) is 25.6. The molecule has 3 heterocycles. The number of aliphatic imine (C=N–C) groups is 2. The van der Waals surface area contributed by atoms with Crippen molar-refractivity contribution in [2.75, 3.05) is 0 Å². The van der Waals surface area contributed by atoms with Crippen LogP contribution in [0.2, 0.25) is 0 Å². The maximum absolute atomic E-state index is 10.6. The first-order valence-electron chi connectivity index (χ1n) is 13.4. The molecule has 1 aromatic heterocycles. The molecule has 0 fully saturated rings. The van der Waals surface area contributed by atoms with Crippen molar-refractivity contribution < 1.29 is 43.5 Å². The van der Waals surface area contributed by atoms with Crippen molar-refractivity contribution in [2.24, 2.45) is 9.98 Å². The molecule has 0 amide bonds. The number of alkyl halides is 3. The molecule has 218 valence electrons. The van der Waals surface area contributed by atoms with Gasteiger partial charge >= 0.3 is 12.1 Å². The number of aromatic nitrogens is 1. The molecule has 39 heavy (non-hydrogen) atoms. The fraction of sp³-hybridized carbons (Fsp3) is 0.500. The predicted molar refractivity (Wildman–Crippen MR) is 150 cm³/mol. The number of carboxylic acid groups (broad SMARTS) is 1. The number of hydrogen-bond donors (Lipinski definition) is 1. The molecule has 0 atom stereocenters. The van der Waals surface area contributed by atoms with Crippen LogP contribution < -0.4 is 4.98 Å². The molecule has 2 aliphatic rings. The van der Waals surface area contributed by atoms with Gasteiger partial charge in [-0.05, 0) is 74.7 Å². The molecule has 0 spiro atoms. The molecule has 0 saturated carbocycles. The quantitative estimate of drug-likeness (QED) is 0.292. The van der Waals surface area contributed by atoms with E-state index in [1.165, 1.54) is 33.4 Å². The summed E-state index contributed by atoms with van der Waals surface area (Å²) in [5.74, 6) is -2.76. The standard InChI is InChI=1S/C28H38N3.C2HF3O2.Pd/c1-9-19-17(7)29-25(21(19)11-3)15-27-23(13-5)24(14-6)28(31-27)16-26-22(12-4)20(10-2)18(8)30-26;3-2(4,5)1(6)7;/h15-16H,9-14H2,1-8H3;(H,6,7);/q-1;;/b25-15+,26-16+;;. The Morgan fingerprint density at radius 3 is 1.26 bits per heavy atom. The van der Waals surface area contributed by atoms with Crippen molar-refractivity contribution in [3.63, 3.8) is 0 Å². The smallest absolute Gasteiger partial charge is 0.490 e. The predicted octanol–water partition coefficient (Wildman–Crippen LogP) is 8.26. The van der Waals surface area contributed by atoms with Crippen LogP contribution in [0.3, 0.4) is 0 Å². The molecule has 0 saturated heterocycles. The third-order valence-electron chi connectivity index (χ3n) is 6.93. The summed E-state index contributed by atoms with van der Waals surface area (Å²) in [7, 11) is 0. The number of aliphatic carboxylic acids is 1. The molecule has 9 heteroatoms. The Balaban J connectivity index is 0.000000841. The Labute approximate surface area is 243 Å². The molecule has 2 aliphatic heterocycles.